The molecule has 19 heteroatoms. The van der Waals surface area contributed by atoms with E-state index in [4.69, 9.17) is 36.8 Å². The van der Waals surface area contributed by atoms with Gasteiger partial charge in [0.15, 0.2) is 0 Å². The molecule has 81 heavy (non-hydrogen) atoms. The summed E-state index contributed by atoms with van der Waals surface area (Å²) in [6.45, 7) is 17.9. The number of amides is 1. The molecule has 0 aliphatic carbocycles. The van der Waals surface area contributed by atoms with E-state index in [1.54, 1.807) is 18.5 Å². The Hall–Kier alpha value is -9.23. The lowest BCUT2D eigenvalue weighted by Gasteiger charge is -2.34. The fourth-order valence-electron chi connectivity index (χ4n) is 9.18. The number of likely N-dealkylation sites (N-methyl/N-ethyl adjacent to an activating group) is 2. The normalized spacial score (nSPS) is 13.4. The molecule has 2 aliphatic heterocycles. The second-order valence-corrected chi connectivity index (χ2v) is 19.7. The number of hydrogen-bond donors (Lipinski definition) is 4. The lowest BCUT2D eigenvalue weighted by atomic mass is 9.96. The molecule has 10 rings (SSSR count). The average Bonchev–Trinajstić information content (AvgIpc) is 3.54. The number of esters is 2. The first-order valence-electron chi connectivity index (χ1n) is 26.3. The smallest absolute Gasteiger partial charge is 0.302 e. The van der Waals surface area contributed by atoms with Crippen LogP contribution in [0.5, 0.6) is 0 Å². The van der Waals surface area contributed by atoms with Crippen LogP contribution in [0.15, 0.2) is 159 Å². The van der Waals surface area contributed by atoms with E-state index in [9.17, 15) is 19.2 Å². The minimum absolute atomic E-state index is 0.0877. The maximum Gasteiger partial charge on any atom is 0.302 e. The number of rotatable bonds is 15. The number of carbonyl (C=O) groups is 4. The summed E-state index contributed by atoms with van der Waals surface area (Å²) >= 11 is 4.71. The van der Waals surface area contributed by atoms with Crippen molar-refractivity contribution in [2.75, 3.05) is 97.9 Å². The Morgan fingerprint density at radius 2 is 1.01 bits per heavy atom. The standard InChI is InChI=1S/C31H32N6O3.C28H30N6O2.C3H3ClO/c1-4-28(39)33-26-7-5-6-22(18-26)29-24(20-40-21(2)38)9-8-23-19-32-31(35-30(23)29)34-25-10-12-27(13-11-25)37-16-14-36(3)15-17-37;1-19(35)36-18-22-7-6-21-17-30-28(32-27(21)26(22)20-4-3-5-23(29)16-20)31-24-8-10-25(11-9-24)34-14-12-33(2)13-15-34;1-2-3(4)5/h4-13,18-19H,1,14-17,20H2,2-3H3,(H,33,39)(H,32,34,35);3-11,16-17H,12-15,18,29H2,1-2H3,(H,30,31,32);2H,1H2. The molecular weight excluding hydrogens is 1040 g/mol. The molecule has 0 saturated carbocycles. The van der Waals surface area contributed by atoms with E-state index < -0.39 is 5.24 Å². The number of halogens is 1. The van der Waals surface area contributed by atoms with Gasteiger partial charge in [0.05, 0.1) is 11.0 Å². The summed E-state index contributed by atoms with van der Waals surface area (Å²) in [5, 5.41) is 10.7. The molecule has 8 aromatic rings. The summed E-state index contributed by atoms with van der Waals surface area (Å²) in [6, 6.07) is 39.4. The van der Waals surface area contributed by atoms with Gasteiger partial charge in [-0.05, 0) is 133 Å². The zero-order valence-corrected chi connectivity index (χ0v) is 46.6. The number of hydrogen-bond acceptors (Lipinski definition) is 17. The lowest BCUT2D eigenvalue weighted by Crippen LogP contribution is -2.44. The van der Waals surface area contributed by atoms with Gasteiger partial charge < -0.3 is 50.8 Å². The third kappa shape index (κ3) is 16.0. The predicted octanol–water partition coefficient (Wildman–Crippen LogP) is 10.4. The first kappa shape index (κ1) is 57.9. The van der Waals surface area contributed by atoms with Crippen molar-refractivity contribution in [3.63, 3.8) is 0 Å². The van der Waals surface area contributed by atoms with Crippen LogP contribution in [-0.4, -0.2) is 119 Å². The van der Waals surface area contributed by atoms with Crippen LogP contribution in [0.4, 0.5) is 46.0 Å². The Labute approximate surface area is 476 Å². The van der Waals surface area contributed by atoms with Crippen molar-refractivity contribution in [3.8, 4) is 22.3 Å². The van der Waals surface area contributed by atoms with Gasteiger partial charge in [-0.15, -0.1) is 0 Å². The summed E-state index contributed by atoms with van der Waals surface area (Å²) in [7, 11) is 4.31. The molecule has 0 radical (unpaired) electrons. The van der Waals surface area contributed by atoms with Crippen LogP contribution in [0, 0.1) is 0 Å². The van der Waals surface area contributed by atoms with Gasteiger partial charge in [-0.1, -0.05) is 61.7 Å². The van der Waals surface area contributed by atoms with Gasteiger partial charge in [0.1, 0.15) is 13.2 Å². The number of allylic oxidation sites excluding steroid dienone is 1. The largest absolute Gasteiger partial charge is 0.461 e. The number of fused-ring (bicyclic) bond motifs is 2. The van der Waals surface area contributed by atoms with Crippen molar-refractivity contribution < 1.29 is 28.7 Å². The van der Waals surface area contributed by atoms with Gasteiger partial charge in [-0.2, -0.15) is 0 Å². The maximum atomic E-state index is 11.9. The number of piperazine rings is 2. The van der Waals surface area contributed by atoms with Crippen molar-refractivity contribution in [2.24, 2.45) is 0 Å². The fourth-order valence-corrected chi connectivity index (χ4v) is 9.18. The second-order valence-electron chi connectivity index (χ2n) is 19.4. The number of aromatic nitrogens is 4. The highest BCUT2D eigenvalue weighted by molar-refractivity contribution is 6.66. The Bertz CT molecular complexity index is 3550. The Morgan fingerprint density at radius 1 is 0.580 bits per heavy atom. The average molecular weight is 1110 g/mol. The molecule has 0 atom stereocenters. The highest BCUT2D eigenvalue weighted by atomic mass is 35.5. The van der Waals surface area contributed by atoms with Crippen molar-refractivity contribution in [2.45, 2.75) is 27.1 Å². The number of anilines is 8. The zero-order valence-electron chi connectivity index (χ0n) is 45.8. The van der Waals surface area contributed by atoms with Gasteiger partial charge in [0.25, 0.3) is 0 Å². The maximum absolute atomic E-state index is 11.9. The summed E-state index contributed by atoms with van der Waals surface area (Å²) in [4.78, 5) is 72.8. The third-order valence-electron chi connectivity index (χ3n) is 13.5. The van der Waals surface area contributed by atoms with E-state index in [1.807, 2.05) is 78.9 Å². The van der Waals surface area contributed by atoms with E-state index in [-0.39, 0.29) is 31.1 Å². The van der Waals surface area contributed by atoms with Gasteiger partial charge >= 0.3 is 11.9 Å². The Balaban J connectivity index is 0.000000197. The highest BCUT2D eigenvalue weighted by Crippen LogP contribution is 2.36. The zero-order chi connectivity index (χ0) is 57.4. The summed E-state index contributed by atoms with van der Waals surface area (Å²) in [5.41, 5.74) is 18.0. The molecule has 1 amide bonds. The fraction of sp³-hybridized carbons (Fsp3) is 0.226. The van der Waals surface area contributed by atoms with Crippen LogP contribution in [0.3, 0.4) is 0 Å². The summed E-state index contributed by atoms with van der Waals surface area (Å²) < 4.78 is 10.7. The topological polar surface area (TPSA) is 213 Å². The second kappa shape index (κ2) is 27.6. The van der Waals surface area contributed by atoms with E-state index in [1.165, 1.54) is 31.3 Å². The molecule has 2 aliphatic rings. The number of benzene rings is 6. The Kier molecular flexibility index (Phi) is 19.7. The van der Waals surface area contributed by atoms with E-state index in [2.05, 4.69) is 109 Å². The molecule has 4 heterocycles. The summed E-state index contributed by atoms with van der Waals surface area (Å²) in [5.74, 6) is -0.0732. The molecular formula is C62H65ClN12O6. The molecule has 5 N–H and O–H groups in total. The van der Waals surface area contributed by atoms with Gasteiger partial charge in [-0.3, -0.25) is 19.2 Å². The quantitative estimate of drug-likeness (QED) is 0.0325. The third-order valence-corrected chi connectivity index (χ3v) is 13.6. The van der Waals surface area contributed by atoms with Gasteiger partial charge in [0, 0.05) is 135 Å². The van der Waals surface area contributed by atoms with E-state index >= 15 is 0 Å². The summed E-state index contributed by atoms with van der Waals surface area (Å²) in [6.07, 6.45) is 5.83. The first-order chi connectivity index (χ1) is 39.1. The minimum atomic E-state index is -0.509. The van der Waals surface area contributed by atoms with Crippen molar-refractivity contribution in [1.29, 1.82) is 0 Å². The number of nitrogen functional groups attached to an aromatic ring is 1. The van der Waals surface area contributed by atoms with Crippen molar-refractivity contribution in [1.82, 2.24) is 29.7 Å². The molecule has 2 saturated heterocycles. The minimum Gasteiger partial charge on any atom is -0.461 e. The monoisotopic (exact) mass is 1110 g/mol. The SMILES string of the molecule is C=CC(=O)Cl.C=CC(=O)Nc1cccc(-c2c(COC(C)=O)ccc3cnc(Nc4ccc(N5CCN(C)CC5)cc4)nc23)c1.CC(=O)OCc1ccc2cnc(Nc3ccc(N4CCN(C)CC4)cc3)nc2c1-c1cccc(N)c1. The molecule has 2 aromatic heterocycles. The molecule has 18 nitrogen and oxygen atoms in total. The molecule has 0 unspecified atom stereocenters. The molecule has 416 valence electrons. The Morgan fingerprint density at radius 3 is 1.42 bits per heavy atom. The predicted molar refractivity (Wildman–Crippen MR) is 324 cm³/mol. The van der Waals surface area contributed by atoms with E-state index in [0.717, 1.165) is 119 Å². The molecule has 6 aromatic carbocycles. The molecule has 0 spiro atoms. The number of nitrogens with zero attached hydrogens (tertiary/aromatic N) is 8. The van der Waals surface area contributed by atoms with Crippen LogP contribution in [0.25, 0.3) is 44.1 Å². The van der Waals surface area contributed by atoms with Crippen LogP contribution in [0.1, 0.15) is 25.0 Å². The van der Waals surface area contributed by atoms with Gasteiger partial charge in [-0.25, -0.2) is 19.9 Å². The van der Waals surface area contributed by atoms with Crippen molar-refractivity contribution in [3.05, 3.63) is 170 Å². The first-order valence-corrected chi connectivity index (χ1v) is 26.7. The number of ether oxygens (including phenoxy) is 2. The molecule has 2 fully saturated rings. The van der Waals surface area contributed by atoms with Crippen molar-refractivity contribution >= 4 is 103 Å². The number of carbonyl (C=O) groups excluding carboxylic acids is 4. The number of nitrogens with two attached hydrogens (primary N) is 1. The number of nitrogens with one attached hydrogen (secondary N) is 3. The van der Waals surface area contributed by atoms with Gasteiger partial charge in [0.2, 0.25) is 23.0 Å². The van der Waals surface area contributed by atoms with Crippen LogP contribution in [-0.2, 0) is 41.9 Å². The molecule has 0 bridgehead atoms. The highest BCUT2D eigenvalue weighted by Gasteiger charge is 2.19. The van der Waals surface area contributed by atoms with E-state index in [0.29, 0.717) is 28.8 Å². The van der Waals surface area contributed by atoms with Crippen LogP contribution in [0.2, 0.25) is 0 Å². The lowest BCUT2D eigenvalue weighted by molar-refractivity contribution is -0.143. The van der Waals surface area contributed by atoms with Crippen LogP contribution < -0.4 is 31.5 Å². The van der Waals surface area contributed by atoms with Crippen LogP contribution >= 0.6 is 11.6 Å².